The number of piperazine rings is 1. The van der Waals surface area contributed by atoms with Crippen molar-refractivity contribution in [2.24, 2.45) is 11.8 Å². The molecule has 5 nitrogen and oxygen atoms in total. The monoisotopic (exact) mass is 295 g/mol. The predicted molar refractivity (Wildman–Crippen MR) is 82.8 cm³/mol. The zero-order chi connectivity index (χ0) is 15.6. The van der Waals surface area contributed by atoms with Crippen LogP contribution in [-0.2, 0) is 9.59 Å². The van der Waals surface area contributed by atoms with Crippen LogP contribution >= 0.6 is 0 Å². The SMILES string of the molecule is CCC(C)C1NC(=O)C(C)N(CC2CCN(C)CC2)C1=O. The third-order valence-electron chi connectivity index (χ3n) is 5.20. The molecule has 0 aliphatic carbocycles. The fraction of sp³-hybridized carbons (Fsp3) is 0.875. The first-order chi connectivity index (χ1) is 9.93. The highest BCUT2D eigenvalue weighted by molar-refractivity contribution is 5.96. The fourth-order valence-corrected chi connectivity index (χ4v) is 3.24. The second-order valence-corrected chi connectivity index (χ2v) is 6.79. The van der Waals surface area contributed by atoms with Gasteiger partial charge in [-0.1, -0.05) is 20.3 Å². The molecule has 0 aromatic carbocycles. The summed E-state index contributed by atoms with van der Waals surface area (Å²) in [5.74, 6) is 0.813. The molecule has 2 aliphatic rings. The lowest BCUT2D eigenvalue weighted by atomic mass is 9.91. The normalized spacial score (nSPS) is 30.4. The number of nitrogens with zero attached hydrogens (tertiary/aromatic N) is 2. The molecule has 0 aromatic heterocycles. The van der Waals surface area contributed by atoms with Crippen LogP contribution < -0.4 is 5.32 Å². The Kier molecular flexibility index (Phi) is 5.25. The molecular formula is C16H29N3O2. The van der Waals surface area contributed by atoms with Crippen LogP contribution in [0.25, 0.3) is 0 Å². The second kappa shape index (κ2) is 6.77. The maximum Gasteiger partial charge on any atom is 0.246 e. The molecule has 3 atom stereocenters. The molecule has 120 valence electrons. The Hall–Kier alpha value is -1.10. The first kappa shape index (κ1) is 16.3. The highest BCUT2D eigenvalue weighted by atomic mass is 16.2. The van der Waals surface area contributed by atoms with Crippen LogP contribution in [0.15, 0.2) is 0 Å². The van der Waals surface area contributed by atoms with E-state index in [1.165, 1.54) is 0 Å². The van der Waals surface area contributed by atoms with Crippen molar-refractivity contribution in [1.82, 2.24) is 15.1 Å². The molecule has 5 heteroatoms. The van der Waals surface area contributed by atoms with Gasteiger partial charge in [0.25, 0.3) is 0 Å². The van der Waals surface area contributed by atoms with Gasteiger partial charge in [-0.3, -0.25) is 9.59 Å². The van der Waals surface area contributed by atoms with Gasteiger partial charge in [-0.15, -0.1) is 0 Å². The number of hydrogen-bond acceptors (Lipinski definition) is 3. The average Bonchev–Trinajstić information content (AvgIpc) is 2.48. The van der Waals surface area contributed by atoms with E-state index in [9.17, 15) is 9.59 Å². The minimum Gasteiger partial charge on any atom is -0.342 e. The fourth-order valence-electron chi connectivity index (χ4n) is 3.24. The van der Waals surface area contributed by atoms with Gasteiger partial charge in [-0.2, -0.15) is 0 Å². The van der Waals surface area contributed by atoms with Crippen molar-refractivity contribution in [3.05, 3.63) is 0 Å². The lowest BCUT2D eigenvalue weighted by molar-refractivity contribution is -0.151. The molecule has 0 aromatic rings. The van der Waals surface area contributed by atoms with Crippen LogP contribution in [0.3, 0.4) is 0 Å². The number of likely N-dealkylation sites (tertiary alicyclic amines) is 1. The summed E-state index contributed by atoms with van der Waals surface area (Å²) in [6.07, 6.45) is 3.12. The summed E-state index contributed by atoms with van der Waals surface area (Å²) >= 11 is 0. The van der Waals surface area contributed by atoms with E-state index in [1.807, 2.05) is 18.7 Å². The highest BCUT2D eigenvalue weighted by Gasteiger charge is 2.40. The molecule has 2 heterocycles. The molecule has 3 unspecified atom stereocenters. The topological polar surface area (TPSA) is 52.7 Å². The van der Waals surface area contributed by atoms with E-state index in [0.717, 1.165) is 38.9 Å². The minimum atomic E-state index is -0.343. The standard InChI is InChI=1S/C16H29N3O2/c1-5-11(2)14-16(21)19(12(3)15(20)17-14)10-13-6-8-18(4)9-7-13/h11-14H,5-10H2,1-4H3,(H,17,20). The minimum absolute atomic E-state index is 0.00664. The first-order valence-electron chi connectivity index (χ1n) is 8.23. The average molecular weight is 295 g/mol. The van der Waals surface area contributed by atoms with Gasteiger partial charge in [-0.05, 0) is 51.7 Å². The van der Waals surface area contributed by atoms with E-state index >= 15 is 0 Å². The van der Waals surface area contributed by atoms with Crippen LogP contribution in [0.5, 0.6) is 0 Å². The summed E-state index contributed by atoms with van der Waals surface area (Å²) in [5.41, 5.74) is 0. The van der Waals surface area contributed by atoms with Crippen LogP contribution in [0, 0.1) is 11.8 Å². The van der Waals surface area contributed by atoms with Gasteiger partial charge in [0, 0.05) is 6.54 Å². The summed E-state index contributed by atoms with van der Waals surface area (Å²) < 4.78 is 0. The molecule has 2 aliphatic heterocycles. The number of carbonyl (C=O) groups excluding carboxylic acids is 2. The Labute approximate surface area is 128 Å². The van der Waals surface area contributed by atoms with Gasteiger partial charge in [0.1, 0.15) is 12.1 Å². The maximum atomic E-state index is 12.7. The lowest BCUT2D eigenvalue weighted by Gasteiger charge is -2.42. The van der Waals surface area contributed by atoms with E-state index in [0.29, 0.717) is 5.92 Å². The maximum absolute atomic E-state index is 12.7. The number of carbonyl (C=O) groups is 2. The van der Waals surface area contributed by atoms with Crippen LogP contribution in [0.1, 0.15) is 40.0 Å². The van der Waals surface area contributed by atoms with Crippen molar-refractivity contribution >= 4 is 11.8 Å². The van der Waals surface area contributed by atoms with Crippen molar-refractivity contribution in [2.45, 2.75) is 52.1 Å². The quantitative estimate of drug-likeness (QED) is 0.845. The van der Waals surface area contributed by atoms with Crippen molar-refractivity contribution in [3.63, 3.8) is 0 Å². The zero-order valence-electron chi connectivity index (χ0n) is 13.8. The van der Waals surface area contributed by atoms with Gasteiger partial charge in [0.2, 0.25) is 11.8 Å². The summed E-state index contributed by atoms with van der Waals surface area (Å²) in [6.45, 7) is 8.84. The van der Waals surface area contributed by atoms with E-state index in [2.05, 4.69) is 24.2 Å². The smallest absolute Gasteiger partial charge is 0.246 e. The number of amides is 2. The van der Waals surface area contributed by atoms with Gasteiger partial charge < -0.3 is 15.1 Å². The number of rotatable bonds is 4. The van der Waals surface area contributed by atoms with Gasteiger partial charge in [0.05, 0.1) is 0 Å². The van der Waals surface area contributed by atoms with E-state index in [1.54, 1.807) is 0 Å². The van der Waals surface area contributed by atoms with Gasteiger partial charge in [0.15, 0.2) is 0 Å². The summed E-state index contributed by atoms with van der Waals surface area (Å²) in [4.78, 5) is 29.0. The molecule has 2 saturated heterocycles. The van der Waals surface area contributed by atoms with Crippen LogP contribution in [0.2, 0.25) is 0 Å². The summed E-state index contributed by atoms with van der Waals surface area (Å²) in [7, 11) is 2.14. The number of nitrogens with one attached hydrogen (secondary N) is 1. The third-order valence-corrected chi connectivity index (χ3v) is 5.20. The Bertz CT molecular complexity index is 391. The van der Waals surface area contributed by atoms with Gasteiger partial charge >= 0.3 is 0 Å². The first-order valence-corrected chi connectivity index (χ1v) is 8.23. The van der Waals surface area contributed by atoms with Crippen LogP contribution in [-0.4, -0.2) is 60.4 Å². The Morgan fingerprint density at radius 2 is 1.90 bits per heavy atom. The molecule has 2 rings (SSSR count). The van der Waals surface area contributed by atoms with Crippen molar-refractivity contribution in [3.8, 4) is 0 Å². The zero-order valence-corrected chi connectivity index (χ0v) is 13.8. The lowest BCUT2D eigenvalue weighted by Crippen LogP contribution is -2.64. The molecule has 0 radical (unpaired) electrons. The molecule has 21 heavy (non-hydrogen) atoms. The molecular weight excluding hydrogens is 266 g/mol. The Morgan fingerprint density at radius 1 is 1.29 bits per heavy atom. The van der Waals surface area contributed by atoms with Crippen molar-refractivity contribution in [2.75, 3.05) is 26.7 Å². The molecule has 2 fully saturated rings. The van der Waals surface area contributed by atoms with Crippen LogP contribution in [0.4, 0.5) is 0 Å². The number of hydrogen-bond donors (Lipinski definition) is 1. The van der Waals surface area contributed by atoms with E-state index < -0.39 is 0 Å². The Balaban J connectivity index is 2.04. The van der Waals surface area contributed by atoms with E-state index in [-0.39, 0.29) is 29.8 Å². The third kappa shape index (κ3) is 3.57. The largest absolute Gasteiger partial charge is 0.342 e. The Morgan fingerprint density at radius 3 is 2.48 bits per heavy atom. The number of piperidine rings is 1. The molecule has 1 N–H and O–H groups in total. The molecule has 2 amide bonds. The molecule has 0 saturated carbocycles. The molecule has 0 bridgehead atoms. The second-order valence-electron chi connectivity index (χ2n) is 6.79. The predicted octanol–water partition coefficient (Wildman–Crippen LogP) is 1.09. The highest BCUT2D eigenvalue weighted by Crippen LogP contribution is 2.23. The summed E-state index contributed by atoms with van der Waals surface area (Å²) in [6, 6.07) is -0.678. The van der Waals surface area contributed by atoms with Gasteiger partial charge in [-0.25, -0.2) is 0 Å². The van der Waals surface area contributed by atoms with Crippen molar-refractivity contribution < 1.29 is 9.59 Å². The van der Waals surface area contributed by atoms with Crippen molar-refractivity contribution in [1.29, 1.82) is 0 Å². The molecule has 0 spiro atoms. The van der Waals surface area contributed by atoms with E-state index in [4.69, 9.17) is 0 Å². The summed E-state index contributed by atoms with van der Waals surface area (Å²) in [5, 5.41) is 2.90.